The van der Waals surface area contributed by atoms with Gasteiger partial charge in [0.15, 0.2) is 0 Å². The number of rotatable bonds is 5. The van der Waals surface area contributed by atoms with Crippen molar-refractivity contribution in [3.05, 3.63) is 44.9 Å². The molecule has 2 fully saturated rings. The van der Waals surface area contributed by atoms with Crippen LogP contribution in [0, 0.1) is 19.8 Å². The summed E-state index contributed by atoms with van der Waals surface area (Å²) in [4.78, 5) is 37.5. The number of nitrogens with zero attached hydrogens (tertiary/aromatic N) is 4. The number of aromatic nitrogens is 1. The molecule has 0 saturated carbocycles. The molecule has 33 heavy (non-hydrogen) atoms. The molecule has 1 aromatic heterocycles. The lowest BCUT2D eigenvalue weighted by Gasteiger charge is -2.39. The van der Waals surface area contributed by atoms with Crippen LogP contribution in [-0.4, -0.2) is 83.9 Å². The lowest BCUT2D eigenvalue weighted by atomic mass is 9.90. The molecule has 3 heterocycles. The Morgan fingerprint density at radius 1 is 1.09 bits per heavy atom. The third-order valence-electron chi connectivity index (χ3n) is 6.44. The topological polar surface area (TPSA) is 66.0 Å². The Kier molecular flexibility index (Phi) is 7.56. The maximum Gasteiger partial charge on any atom is 0.265 e. The molecular formula is C24H31ClN4O3S. The Morgan fingerprint density at radius 2 is 1.79 bits per heavy atom. The van der Waals surface area contributed by atoms with E-state index in [0.29, 0.717) is 35.8 Å². The van der Waals surface area contributed by atoms with Gasteiger partial charge >= 0.3 is 0 Å². The van der Waals surface area contributed by atoms with Crippen LogP contribution in [0.15, 0.2) is 24.3 Å². The van der Waals surface area contributed by atoms with Gasteiger partial charge in [-0.1, -0.05) is 11.6 Å². The van der Waals surface area contributed by atoms with Crippen molar-refractivity contribution < 1.29 is 14.3 Å². The highest BCUT2D eigenvalue weighted by molar-refractivity contribution is 7.13. The van der Waals surface area contributed by atoms with Gasteiger partial charge in [0.2, 0.25) is 5.91 Å². The largest absolute Gasteiger partial charge is 0.490 e. The molecule has 0 N–H and O–H groups in total. The van der Waals surface area contributed by atoms with Crippen LogP contribution in [0.4, 0.5) is 0 Å². The molecule has 1 aromatic carbocycles. The molecule has 2 amide bonds. The maximum absolute atomic E-state index is 13.2. The van der Waals surface area contributed by atoms with Gasteiger partial charge in [0.25, 0.3) is 5.91 Å². The number of thiazole rings is 1. The summed E-state index contributed by atoms with van der Waals surface area (Å²) < 4.78 is 6.30. The molecule has 0 radical (unpaired) electrons. The molecule has 9 heteroatoms. The lowest BCUT2D eigenvalue weighted by Crippen LogP contribution is -2.51. The van der Waals surface area contributed by atoms with E-state index in [1.807, 2.05) is 35.8 Å². The quantitative estimate of drug-likeness (QED) is 0.642. The predicted molar refractivity (Wildman–Crippen MR) is 130 cm³/mol. The van der Waals surface area contributed by atoms with Crippen molar-refractivity contribution in [2.75, 3.05) is 46.3 Å². The molecule has 2 aliphatic heterocycles. The van der Waals surface area contributed by atoms with Crippen molar-refractivity contribution in [3.63, 3.8) is 0 Å². The number of amides is 2. The van der Waals surface area contributed by atoms with Gasteiger partial charge in [-0.05, 0) is 45.2 Å². The third-order valence-corrected chi connectivity index (χ3v) is 7.76. The normalized spacial score (nSPS) is 21.8. The number of piperidine rings is 1. The summed E-state index contributed by atoms with van der Waals surface area (Å²) in [5.74, 6) is 0.784. The molecule has 178 valence electrons. The first-order chi connectivity index (χ1) is 15.8. The highest BCUT2D eigenvalue weighted by atomic mass is 35.5. The minimum absolute atomic E-state index is 0.0000826. The zero-order valence-corrected chi connectivity index (χ0v) is 21.0. The number of aryl methyl sites for hydroxylation is 2. The molecule has 7 nitrogen and oxygen atoms in total. The number of likely N-dealkylation sites (tertiary alicyclic amines) is 1. The van der Waals surface area contributed by atoms with Gasteiger partial charge in [0, 0.05) is 63.1 Å². The van der Waals surface area contributed by atoms with E-state index in [4.69, 9.17) is 16.3 Å². The fraction of sp³-hybridized carbons (Fsp3) is 0.542. The van der Waals surface area contributed by atoms with E-state index in [1.54, 1.807) is 12.1 Å². The standard InChI is InChI=1S/C24H31ClN4O3S/c1-16-23(33-17(2)26-16)24(31)29-9-8-21(32-20-6-4-19(25)5-7-20)18(15-29)14-22(30)28-12-10-27(3)11-13-28/h4-7,18,21H,8-15H2,1-3H3/t18-,21-/m0/s1. The molecule has 4 rings (SSSR count). The molecular weight excluding hydrogens is 460 g/mol. The SMILES string of the molecule is Cc1nc(C)c(C(=O)N2CC[C@H](Oc3ccc(Cl)cc3)[C@@H](CC(=O)N3CCN(C)CC3)C2)s1. The van der Waals surface area contributed by atoms with E-state index < -0.39 is 0 Å². The average molecular weight is 491 g/mol. The highest BCUT2D eigenvalue weighted by Crippen LogP contribution is 2.29. The van der Waals surface area contributed by atoms with Gasteiger partial charge < -0.3 is 19.4 Å². The second-order valence-corrected chi connectivity index (χ2v) is 10.6. The van der Waals surface area contributed by atoms with E-state index in [0.717, 1.165) is 42.6 Å². The summed E-state index contributed by atoms with van der Waals surface area (Å²) in [6.45, 7) is 8.13. The van der Waals surface area contributed by atoms with E-state index in [9.17, 15) is 9.59 Å². The van der Waals surface area contributed by atoms with Crippen molar-refractivity contribution >= 4 is 34.8 Å². The smallest absolute Gasteiger partial charge is 0.265 e. The highest BCUT2D eigenvalue weighted by Gasteiger charge is 2.36. The Labute approximate surface area is 204 Å². The molecule has 2 aromatic rings. The summed E-state index contributed by atoms with van der Waals surface area (Å²) in [6.07, 6.45) is 0.897. The summed E-state index contributed by atoms with van der Waals surface area (Å²) in [5, 5.41) is 1.54. The molecule has 2 atom stereocenters. The number of piperazine rings is 1. The fourth-order valence-corrected chi connectivity index (χ4v) is 5.53. The van der Waals surface area contributed by atoms with Gasteiger partial charge in [-0.3, -0.25) is 9.59 Å². The van der Waals surface area contributed by atoms with Gasteiger partial charge in [-0.15, -0.1) is 11.3 Å². The van der Waals surface area contributed by atoms with Gasteiger partial charge in [0.05, 0.1) is 10.7 Å². The van der Waals surface area contributed by atoms with Crippen molar-refractivity contribution in [1.82, 2.24) is 19.7 Å². The summed E-state index contributed by atoms with van der Waals surface area (Å²) in [7, 11) is 2.07. The van der Waals surface area contributed by atoms with Gasteiger partial charge in [0.1, 0.15) is 16.7 Å². The molecule has 2 aliphatic rings. The van der Waals surface area contributed by atoms with Crippen LogP contribution >= 0.6 is 22.9 Å². The van der Waals surface area contributed by atoms with E-state index in [1.165, 1.54) is 11.3 Å². The van der Waals surface area contributed by atoms with E-state index >= 15 is 0 Å². The molecule has 0 bridgehead atoms. The van der Waals surface area contributed by atoms with Gasteiger partial charge in [-0.25, -0.2) is 4.98 Å². The Morgan fingerprint density at radius 3 is 2.42 bits per heavy atom. The Bertz CT molecular complexity index is 988. The number of ether oxygens (including phenoxy) is 1. The van der Waals surface area contributed by atoms with Crippen LogP contribution in [-0.2, 0) is 4.79 Å². The zero-order chi connectivity index (χ0) is 23.5. The van der Waals surface area contributed by atoms with Crippen LogP contribution in [0.1, 0.15) is 33.2 Å². The lowest BCUT2D eigenvalue weighted by molar-refractivity contribution is -0.135. The molecule has 0 unspecified atom stereocenters. The van der Waals surface area contributed by atoms with Crippen molar-refractivity contribution in [2.24, 2.45) is 5.92 Å². The number of hydrogen-bond donors (Lipinski definition) is 0. The number of hydrogen-bond acceptors (Lipinski definition) is 6. The summed E-state index contributed by atoms with van der Waals surface area (Å²) >= 11 is 7.45. The van der Waals surface area contributed by atoms with Crippen molar-refractivity contribution in [1.29, 1.82) is 0 Å². The first-order valence-electron chi connectivity index (χ1n) is 11.4. The fourth-order valence-electron chi connectivity index (χ4n) is 4.52. The first kappa shape index (κ1) is 24.0. The molecule has 2 saturated heterocycles. The molecule has 0 spiro atoms. The summed E-state index contributed by atoms with van der Waals surface area (Å²) in [5.41, 5.74) is 0.770. The molecule has 0 aliphatic carbocycles. The average Bonchev–Trinajstić information content (AvgIpc) is 3.14. The number of benzene rings is 1. The second-order valence-electron chi connectivity index (χ2n) is 8.95. The third kappa shape index (κ3) is 5.86. The van der Waals surface area contributed by atoms with E-state index in [-0.39, 0.29) is 23.8 Å². The minimum atomic E-state index is -0.143. The minimum Gasteiger partial charge on any atom is -0.490 e. The van der Waals surface area contributed by atoms with Crippen LogP contribution in [0.2, 0.25) is 5.02 Å². The zero-order valence-electron chi connectivity index (χ0n) is 19.4. The van der Waals surface area contributed by atoms with E-state index in [2.05, 4.69) is 16.9 Å². The Hall–Kier alpha value is -2.16. The van der Waals surface area contributed by atoms with Crippen LogP contribution < -0.4 is 4.74 Å². The number of carbonyl (C=O) groups is 2. The number of carbonyl (C=O) groups excluding carboxylic acids is 2. The number of halogens is 1. The van der Waals surface area contributed by atoms with Crippen LogP contribution in [0.3, 0.4) is 0 Å². The number of likely N-dealkylation sites (N-methyl/N-ethyl adjacent to an activating group) is 1. The first-order valence-corrected chi connectivity index (χ1v) is 12.6. The van der Waals surface area contributed by atoms with Crippen LogP contribution in [0.25, 0.3) is 0 Å². The predicted octanol–water partition coefficient (Wildman–Crippen LogP) is 3.49. The van der Waals surface area contributed by atoms with Crippen molar-refractivity contribution in [2.45, 2.75) is 32.8 Å². The van der Waals surface area contributed by atoms with Gasteiger partial charge in [-0.2, -0.15) is 0 Å². The van der Waals surface area contributed by atoms with Crippen molar-refractivity contribution in [3.8, 4) is 5.75 Å². The summed E-state index contributed by atoms with van der Waals surface area (Å²) in [6, 6.07) is 7.30. The monoisotopic (exact) mass is 490 g/mol. The van der Waals surface area contributed by atoms with Crippen LogP contribution in [0.5, 0.6) is 5.75 Å². The maximum atomic E-state index is 13.2. The Balaban J connectivity index is 1.49. The second kappa shape index (κ2) is 10.4.